The topological polar surface area (TPSA) is 75.1 Å². The Morgan fingerprint density at radius 3 is 2.77 bits per heavy atom. The molecular formula is C24H37N3O4. The minimum absolute atomic E-state index is 0.0784. The van der Waals surface area contributed by atoms with Gasteiger partial charge in [0, 0.05) is 45.0 Å². The molecule has 7 nitrogen and oxygen atoms in total. The SMILES string of the molecule is C/C=C/c1cnc2c(c1)C(=O)N([C@@H](C)CO)C[C@H](C)[C@@H](CN(C)CC1CCOCC1)O2. The van der Waals surface area contributed by atoms with Crippen LogP contribution in [0.15, 0.2) is 18.3 Å². The first-order valence-electron chi connectivity index (χ1n) is 11.4. The van der Waals surface area contributed by atoms with Crippen molar-refractivity contribution in [3.63, 3.8) is 0 Å². The molecule has 7 heteroatoms. The monoisotopic (exact) mass is 431 g/mol. The maximum atomic E-state index is 13.3. The average Bonchev–Trinajstić information content (AvgIpc) is 2.77. The molecule has 31 heavy (non-hydrogen) atoms. The van der Waals surface area contributed by atoms with Crippen LogP contribution in [0.5, 0.6) is 5.88 Å². The highest BCUT2D eigenvalue weighted by molar-refractivity contribution is 5.97. The van der Waals surface area contributed by atoms with E-state index < -0.39 is 0 Å². The normalized spacial score (nSPS) is 24.1. The number of rotatable bonds is 7. The van der Waals surface area contributed by atoms with Gasteiger partial charge in [-0.1, -0.05) is 19.1 Å². The van der Waals surface area contributed by atoms with E-state index in [9.17, 15) is 9.90 Å². The quantitative estimate of drug-likeness (QED) is 0.716. The molecular weight excluding hydrogens is 394 g/mol. The van der Waals surface area contributed by atoms with E-state index in [0.717, 1.165) is 44.7 Å². The van der Waals surface area contributed by atoms with E-state index in [0.29, 0.717) is 23.9 Å². The summed E-state index contributed by atoms with van der Waals surface area (Å²) in [7, 11) is 2.13. The van der Waals surface area contributed by atoms with Gasteiger partial charge in [0.25, 0.3) is 5.91 Å². The molecule has 3 rings (SSSR count). The van der Waals surface area contributed by atoms with Crippen LogP contribution in [0.3, 0.4) is 0 Å². The van der Waals surface area contributed by atoms with Gasteiger partial charge in [-0.25, -0.2) is 4.98 Å². The molecule has 3 heterocycles. The van der Waals surface area contributed by atoms with Gasteiger partial charge in [-0.05, 0) is 51.3 Å². The fourth-order valence-corrected chi connectivity index (χ4v) is 4.37. The predicted octanol–water partition coefficient (Wildman–Crippen LogP) is 2.69. The number of aliphatic hydroxyl groups excluding tert-OH is 1. The highest BCUT2D eigenvalue weighted by atomic mass is 16.5. The summed E-state index contributed by atoms with van der Waals surface area (Å²) >= 11 is 0. The minimum Gasteiger partial charge on any atom is -0.472 e. The maximum absolute atomic E-state index is 13.3. The van der Waals surface area contributed by atoms with Crippen molar-refractivity contribution in [2.45, 2.75) is 45.8 Å². The number of carbonyl (C=O) groups excluding carboxylic acids is 1. The fraction of sp³-hybridized carbons (Fsp3) is 0.667. The van der Waals surface area contributed by atoms with Crippen LogP contribution in [-0.4, -0.2) is 84.4 Å². The van der Waals surface area contributed by atoms with E-state index in [1.165, 1.54) is 0 Å². The molecule has 1 fully saturated rings. The van der Waals surface area contributed by atoms with Crippen LogP contribution in [0.4, 0.5) is 0 Å². The van der Waals surface area contributed by atoms with E-state index in [1.54, 1.807) is 11.1 Å². The summed E-state index contributed by atoms with van der Waals surface area (Å²) in [4.78, 5) is 21.9. The number of nitrogens with zero attached hydrogens (tertiary/aromatic N) is 3. The summed E-state index contributed by atoms with van der Waals surface area (Å²) in [5, 5.41) is 9.76. The molecule has 0 spiro atoms. The predicted molar refractivity (Wildman–Crippen MR) is 121 cm³/mol. The van der Waals surface area contributed by atoms with Crippen molar-refractivity contribution < 1.29 is 19.4 Å². The number of pyridine rings is 1. The van der Waals surface area contributed by atoms with Gasteiger partial charge in [-0.15, -0.1) is 0 Å². The minimum atomic E-state index is -0.271. The van der Waals surface area contributed by atoms with Crippen molar-refractivity contribution in [3.05, 3.63) is 29.5 Å². The van der Waals surface area contributed by atoms with Crippen molar-refractivity contribution in [1.82, 2.24) is 14.8 Å². The number of aliphatic hydroxyl groups is 1. The number of amides is 1. The third-order valence-corrected chi connectivity index (χ3v) is 6.30. The number of ether oxygens (including phenoxy) is 2. The highest BCUT2D eigenvalue weighted by Crippen LogP contribution is 2.28. The summed E-state index contributed by atoms with van der Waals surface area (Å²) in [5.74, 6) is 0.977. The average molecular weight is 432 g/mol. The van der Waals surface area contributed by atoms with Gasteiger partial charge in [-0.3, -0.25) is 4.79 Å². The maximum Gasteiger partial charge on any atom is 0.259 e. The van der Waals surface area contributed by atoms with Gasteiger partial charge >= 0.3 is 0 Å². The Kier molecular flexibility index (Phi) is 8.46. The van der Waals surface area contributed by atoms with Crippen molar-refractivity contribution in [2.75, 3.05) is 46.5 Å². The summed E-state index contributed by atoms with van der Waals surface area (Å²) in [6, 6.07) is 1.56. The van der Waals surface area contributed by atoms with Crippen LogP contribution in [0, 0.1) is 11.8 Å². The van der Waals surface area contributed by atoms with Gasteiger partial charge in [0.05, 0.1) is 12.6 Å². The molecule has 0 aromatic carbocycles. The summed E-state index contributed by atoms with van der Waals surface area (Å²) in [6.45, 7) is 9.82. The number of fused-ring (bicyclic) bond motifs is 1. The van der Waals surface area contributed by atoms with E-state index in [2.05, 4.69) is 23.9 Å². The molecule has 2 aliphatic heterocycles. The lowest BCUT2D eigenvalue weighted by atomic mass is 9.97. The number of carbonyl (C=O) groups is 1. The Balaban J connectivity index is 1.84. The van der Waals surface area contributed by atoms with Crippen LogP contribution >= 0.6 is 0 Å². The first kappa shape index (κ1) is 23.7. The fourth-order valence-electron chi connectivity index (χ4n) is 4.37. The lowest BCUT2D eigenvalue weighted by molar-refractivity contribution is 0.0254. The molecule has 0 saturated carbocycles. The molecule has 1 N–H and O–H groups in total. The molecule has 1 aromatic rings. The van der Waals surface area contributed by atoms with E-state index in [1.807, 2.05) is 32.1 Å². The summed E-state index contributed by atoms with van der Waals surface area (Å²) in [5.41, 5.74) is 1.32. The van der Waals surface area contributed by atoms with Gasteiger partial charge < -0.3 is 24.4 Å². The Morgan fingerprint density at radius 2 is 2.10 bits per heavy atom. The lowest BCUT2D eigenvalue weighted by Crippen LogP contribution is -2.50. The Morgan fingerprint density at radius 1 is 1.35 bits per heavy atom. The summed E-state index contributed by atoms with van der Waals surface area (Å²) in [6.07, 6.45) is 7.66. The molecule has 0 aliphatic carbocycles. The first-order chi connectivity index (χ1) is 14.9. The second-order valence-electron chi connectivity index (χ2n) is 9.02. The smallest absolute Gasteiger partial charge is 0.259 e. The van der Waals surface area contributed by atoms with Crippen LogP contribution in [0.2, 0.25) is 0 Å². The highest BCUT2D eigenvalue weighted by Gasteiger charge is 2.34. The van der Waals surface area contributed by atoms with E-state index >= 15 is 0 Å². The number of likely N-dealkylation sites (N-methyl/N-ethyl adjacent to an activating group) is 1. The van der Waals surface area contributed by atoms with Crippen molar-refractivity contribution in [2.24, 2.45) is 11.8 Å². The molecule has 1 amide bonds. The number of aromatic nitrogens is 1. The zero-order valence-corrected chi connectivity index (χ0v) is 19.3. The van der Waals surface area contributed by atoms with Crippen LogP contribution in [0.25, 0.3) is 6.08 Å². The van der Waals surface area contributed by atoms with Crippen molar-refractivity contribution >= 4 is 12.0 Å². The third kappa shape index (κ3) is 6.05. The molecule has 0 unspecified atom stereocenters. The van der Waals surface area contributed by atoms with Crippen LogP contribution in [-0.2, 0) is 4.74 Å². The number of hydrogen-bond acceptors (Lipinski definition) is 6. The second-order valence-corrected chi connectivity index (χ2v) is 9.02. The number of hydrogen-bond donors (Lipinski definition) is 1. The lowest BCUT2D eigenvalue weighted by Gasteiger charge is -2.38. The molecule has 0 bridgehead atoms. The zero-order valence-electron chi connectivity index (χ0n) is 19.3. The third-order valence-electron chi connectivity index (χ3n) is 6.30. The molecule has 0 radical (unpaired) electrons. The van der Waals surface area contributed by atoms with E-state index in [-0.39, 0.29) is 30.6 Å². The second kappa shape index (κ2) is 11.1. The largest absolute Gasteiger partial charge is 0.472 e. The Labute approximate surface area is 186 Å². The molecule has 3 atom stereocenters. The Hall–Kier alpha value is -1.96. The van der Waals surface area contributed by atoms with Gasteiger partial charge in [-0.2, -0.15) is 0 Å². The van der Waals surface area contributed by atoms with Crippen molar-refractivity contribution in [3.8, 4) is 5.88 Å². The number of allylic oxidation sites excluding steroid dienone is 1. The zero-order chi connectivity index (χ0) is 22.4. The molecule has 1 aromatic heterocycles. The van der Waals surface area contributed by atoms with Gasteiger partial charge in [0.2, 0.25) is 5.88 Å². The van der Waals surface area contributed by atoms with E-state index in [4.69, 9.17) is 9.47 Å². The standard InChI is InChI=1S/C24H37N3O4/c1-5-6-20-11-21-23(25-12-20)31-22(15-26(4)14-19-7-9-30-10-8-19)17(2)13-27(24(21)29)18(3)16-28/h5-6,11-12,17-19,22,28H,7-10,13-16H2,1-4H3/b6-5+/t17-,18-,22+/m0/s1. The van der Waals surface area contributed by atoms with Gasteiger partial charge in [0.15, 0.2) is 0 Å². The molecule has 172 valence electrons. The molecule has 1 saturated heterocycles. The van der Waals surface area contributed by atoms with Crippen LogP contribution < -0.4 is 4.74 Å². The molecule has 2 aliphatic rings. The first-order valence-corrected chi connectivity index (χ1v) is 11.4. The Bertz CT molecular complexity index is 763. The van der Waals surface area contributed by atoms with Crippen molar-refractivity contribution in [1.29, 1.82) is 0 Å². The van der Waals surface area contributed by atoms with Gasteiger partial charge in [0.1, 0.15) is 11.7 Å². The van der Waals surface area contributed by atoms with Crippen LogP contribution in [0.1, 0.15) is 49.5 Å². The summed E-state index contributed by atoms with van der Waals surface area (Å²) < 4.78 is 11.8.